The number of hydrogen-bond donors (Lipinski definition) is 3. The molecule has 0 saturated heterocycles. The van der Waals surface area contributed by atoms with Crippen LogP contribution in [0.1, 0.15) is 6.99 Å². The standard InChI is InChI=1S/C15H14N4O3S.H2/c1-9-2-7-13-12(8-9)14(15(20)17-13)19-18-10-3-5-11(6-4-10)23(16,21)22;/h2-8,17,20H,1H3,(H2,16,21,22);1H. The third-order valence-corrected chi connectivity index (χ3v) is 4.27. The Labute approximate surface area is 134 Å². The van der Waals surface area contributed by atoms with Crippen LogP contribution < -0.4 is 5.14 Å². The van der Waals surface area contributed by atoms with E-state index in [9.17, 15) is 13.5 Å². The second-order valence-corrected chi connectivity index (χ2v) is 6.67. The number of azo groups is 1. The van der Waals surface area contributed by atoms with Crippen LogP contribution in [0, 0.1) is 6.92 Å². The average Bonchev–Trinajstić information content (AvgIpc) is 2.79. The van der Waals surface area contributed by atoms with Crippen molar-refractivity contribution in [2.45, 2.75) is 11.8 Å². The van der Waals surface area contributed by atoms with Crippen molar-refractivity contribution in [1.82, 2.24) is 4.98 Å². The number of fused-ring (bicyclic) bond motifs is 1. The van der Waals surface area contributed by atoms with Crippen LogP contribution in [0.2, 0.25) is 0 Å². The minimum absolute atomic E-state index is 0. The number of hydrogen-bond acceptors (Lipinski definition) is 5. The molecule has 4 N–H and O–H groups in total. The number of nitrogens with one attached hydrogen (secondary N) is 1. The summed E-state index contributed by atoms with van der Waals surface area (Å²) in [6.07, 6.45) is 0. The van der Waals surface area contributed by atoms with Gasteiger partial charge in [0.05, 0.1) is 16.1 Å². The molecule has 0 unspecified atom stereocenters. The molecule has 3 rings (SSSR count). The first-order chi connectivity index (χ1) is 10.8. The largest absolute Gasteiger partial charge is 0.493 e. The van der Waals surface area contributed by atoms with Crippen molar-refractivity contribution in [2.24, 2.45) is 15.4 Å². The normalized spacial score (nSPS) is 12.3. The number of benzene rings is 2. The molecule has 0 fully saturated rings. The number of aryl methyl sites for hydroxylation is 1. The minimum Gasteiger partial charge on any atom is -0.493 e. The Morgan fingerprint density at radius 1 is 1.13 bits per heavy atom. The van der Waals surface area contributed by atoms with E-state index in [2.05, 4.69) is 15.2 Å². The van der Waals surface area contributed by atoms with Crippen molar-refractivity contribution in [3.05, 3.63) is 48.0 Å². The van der Waals surface area contributed by atoms with Gasteiger partial charge < -0.3 is 10.1 Å². The summed E-state index contributed by atoms with van der Waals surface area (Å²) in [5.41, 5.74) is 2.56. The van der Waals surface area contributed by atoms with Gasteiger partial charge in [0.1, 0.15) is 0 Å². The molecule has 3 aromatic rings. The van der Waals surface area contributed by atoms with Crippen LogP contribution in [-0.4, -0.2) is 18.5 Å². The van der Waals surface area contributed by atoms with Crippen molar-refractivity contribution in [2.75, 3.05) is 0 Å². The Kier molecular flexibility index (Phi) is 3.63. The van der Waals surface area contributed by atoms with E-state index in [4.69, 9.17) is 5.14 Å². The van der Waals surface area contributed by atoms with E-state index in [0.717, 1.165) is 16.5 Å². The minimum atomic E-state index is -3.74. The van der Waals surface area contributed by atoms with Gasteiger partial charge in [-0.1, -0.05) is 11.6 Å². The lowest BCUT2D eigenvalue weighted by Crippen LogP contribution is -2.11. The highest BCUT2D eigenvalue weighted by molar-refractivity contribution is 7.89. The number of aromatic hydroxyl groups is 1. The molecular weight excluding hydrogens is 316 g/mol. The second kappa shape index (κ2) is 5.49. The van der Waals surface area contributed by atoms with Crippen molar-refractivity contribution in [1.29, 1.82) is 0 Å². The summed E-state index contributed by atoms with van der Waals surface area (Å²) in [5, 5.41) is 23.8. The van der Waals surface area contributed by atoms with Gasteiger partial charge in [-0.2, -0.15) is 5.11 Å². The summed E-state index contributed by atoms with van der Waals surface area (Å²) in [4.78, 5) is 2.83. The smallest absolute Gasteiger partial charge is 0.238 e. The first kappa shape index (κ1) is 15.2. The molecule has 2 aromatic carbocycles. The molecule has 23 heavy (non-hydrogen) atoms. The molecule has 0 aliphatic rings. The molecular formula is C15H16N4O3S. The van der Waals surface area contributed by atoms with Gasteiger partial charge in [-0.05, 0) is 43.3 Å². The molecule has 1 aromatic heterocycles. The summed E-state index contributed by atoms with van der Waals surface area (Å²) in [6.45, 7) is 1.94. The Morgan fingerprint density at radius 2 is 1.83 bits per heavy atom. The quantitative estimate of drug-likeness (QED) is 0.636. The van der Waals surface area contributed by atoms with Gasteiger partial charge >= 0.3 is 0 Å². The van der Waals surface area contributed by atoms with E-state index < -0.39 is 10.0 Å². The molecule has 7 nitrogen and oxygen atoms in total. The zero-order chi connectivity index (χ0) is 16.6. The zero-order valence-corrected chi connectivity index (χ0v) is 13.0. The fourth-order valence-electron chi connectivity index (χ4n) is 2.19. The van der Waals surface area contributed by atoms with E-state index in [0.29, 0.717) is 11.4 Å². The third-order valence-electron chi connectivity index (χ3n) is 3.34. The van der Waals surface area contributed by atoms with Gasteiger partial charge in [0.2, 0.25) is 15.9 Å². The molecule has 0 radical (unpaired) electrons. The fraction of sp³-hybridized carbons (Fsp3) is 0.0667. The van der Waals surface area contributed by atoms with Gasteiger partial charge in [-0.3, -0.25) is 0 Å². The Balaban J connectivity index is 0.00000208. The highest BCUT2D eigenvalue weighted by Gasteiger charge is 2.10. The highest BCUT2D eigenvalue weighted by atomic mass is 32.2. The van der Waals surface area contributed by atoms with Crippen LogP contribution in [0.3, 0.4) is 0 Å². The maximum atomic E-state index is 11.2. The van der Waals surface area contributed by atoms with Crippen molar-refractivity contribution in [3.8, 4) is 5.88 Å². The molecule has 0 aliphatic carbocycles. The third kappa shape index (κ3) is 3.08. The van der Waals surface area contributed by atoms with Crippen LogP contribution >= 0.6 is 0 Å². The van der Waals surface area contributed by atoms with Gasteiger partial charge in [-0.15, -0.1) is 5.11 Å². The monoisotopic (exact) mass is 332 g/mol. The molecule has 0 atom stereocenters. The first-order valence-electron chi connectivity index (χ1n) is 6.70. The van der Waals surface area contributed by atoms with Gasteiger partial charge in [-0.25, -0.2) is 13.6 Å². The Hall–Kier alpha value is -2.71. The molecule has 1 heterocycles. The van der Waals surface area contributed by atoms with Gasteiger partial charge in [0.15, 0.2) is 5.69 Å². The summed E-state index contributed by atoms with van der Waals surface area (Å²) < 4.78 is 22.4. The van der Waals surface area contributed by atoms with Crippen LogP contribution in [0.25, 0.3) is 10.9 Å². The van der Waals surface area contributed by atoms with Gasteiger partial charge in [0, 0.05) is 6.81 Å². The number of sulfonamides is 1. The van der Waals surface area contributed by atoms with E-state index >= 15 is 0 Å². The topological polar surface area (TPSA) is 121 Å². The number of primary sulfonamides is 1. The van der Waals surface area contributed by atoms with E-state index in [1.165, 1.54) is 24.3 Å². The maximum Gasteiger partial charge on any atom is 0.238 e. The van der Waals surface area contributed by atoms with Crippen molar-refractivity contribution in [3.63, 3.8) is 0 Å². The van der Waals surface area contributed by atoms with Crippen LogP contribution in [-0.2, 0) is 10.0 Å². The lowest BCUT2D eigenvalue weighted by Gasteiger charge is -1.98. The first-order valence-corrected chi connectivity index (χ1v) is 8.25. The molecule has 8 heteroatoms. The second-order valence-electron chi connectivity index (χ2n) is 5.11. The summed E-state index contributed by atoms with van der Waals surface area (Å²) >= 11 is 0. The number of aromatic amines is 1. The number of rotatable bonds is 3. The predicted octanol–water partition coefficient (Wildman–Crippen LogP) is 3.49. The van der Waals surface area contributed by atoms with Crippen molar-refractivity contribution >= 4 is 32.3 Å². The average molecular weight is 332 g/mol. The van der Waals surface area contributed by atoms with Crippen LogP contribution in [0.4, 0.5) is 11.4 Å². The SMILES string of the molecule is Cc1ccc2[nH]c(O)c(N=Nc3ccc(S(N)(=O)=O)cc3)c2c1.[HH]. The molecule has 120 valence electrons. The van der Waals surface area contributed by atoms with Gasteiger partial charge in [0.25, 0.3) is 0 Å². The summed E-state index contributed by atoms with van der Waals surface area (Å²) in [6, 6.07) is 11.3. The van der Waals surface area contributed by atoms with Crippen LogP contribution in [0.5, 0.6) is 5.88 Å². The maximum absolute atomic E-state index is 11.2. The van der Waals surface area contributed by atoms with E-state index in [1.54, 1.807) is 0 Å². The molecule has 0 bridgehead atoms. The summed E-state index contributed by atoms with van der Waals surface area (Å²) in [7, 11) is -3.74. The highest BCUT2D eigenvalue weighted by Crippen LogP contribution is 2.36. The number of nitrogens with two attached hydrogens (primary N) is 1. The number of H-pyrrole nitrogens is 1. The van der Waals surface area contributed by atoms with Crippen LogP contribution in [0.15, 0.2) is 57.6 Å². The predicted molar refractivity (Wildman–Crippen MR) is 88.8 cm³/mol. The molecule has 0 spiro atoms. The number of nitrogens with zero attached hydrogens (tertiary/aromatic N) is 2. The lowest BCUT2D eigenvalue weighted by atomic mass is 10.2. The van der Waals surface area contributed by atoms with E-state index in [1.807, 2.05) is 25.1 Å². The zero-order valence-electron chi connectivity index (χ0n) is 12.2. The molecule has 0 aliphatic heterocycles. The molecule has 0 saturated carbocycles. The van der Waals surface area contributed by atoms with Crippen molar-refractivity contribution < 1.29 is 15.0 Å². The lowest BCUT2D eigenvalue weighted by molar-refractivity contribution is 0.459. The Morgan fingerprint density at radius 3 is 2.48 bits per heavy atom. The fourth-order valence-corrected chi connectivity index (χ4v) is 2.70. The Bertz CT molecular complexity index is 1010. The number of aromatic nitrogens is 1. The van der Waals surface area contributed by atoms with E-state index in [-0.39, 0.29) is 12.2 Å². The molecule has 0 amide bonds. The summed E-state index contributed by atoms with van der Waals surface area (Å²) in [5.74, 6) is -0.0736.